The van der Waals surface area contributed by atoms with E-state index >= 15 is 0 Å². The van der Waals surface area contributed by atoms with E-state index in [2.05, 4.69) is 25.2 Å². The number of amides is 1. The summed E-state index contributed by atoms with van der Waals surface area (Å²) in [4.78, 5) is 12.7. The highest BCUT2D eigenvalue weighted by Gasteiger charge is 2.21. The largest absolute Gasteiger partial charge is 0.497 e. The molecular formula is C23H31NO3. The van der Waals surface area contributed by atoms with Crippen molar-refractivity contribution < 1.29 is 14.3 Å². The Morgan fingerprint density at radius 1 is 0.963 bits per heavy atom. The Hall–Kier alpha value is -2.49. The second-order valence-electron chi connectivity index (χ2n) is 7.55. The summed E-state index contributed by atoms with van der Waals surface area (Å²) in [5.74, 6) is 1.86. The lowest BCUT2D eigenvalue weighted by Crippen LogP contribution is -2.39. The monoisotopic (exact) mass is 369 g/mol. The van der Waals surface area contributed by atoms with E-state index in [1.807, 2.05) is 50.2 Å². The Morgan fingerprint density at radius 3 is 2.07 bits per heavy atom. The highest BCUT2D eigenvalue weighted by Crippen LogP contribution is 2.24. The number of methoxy groups -OCH3 is 1. The Kier molecular flexibility index (Phi) is 7.28. The molecule has 0 saturated carbocycles. The number of ether oxygens (including phenoxy) is 2. The molecule has 0 aliphatic rings. The number of carbonyl (C=O) groups excluding carboxylic acids is 1. The average molecular weight is 370 g/mol. The third-order valence-corrected chi connectivity index (χ3v) is 4.42. The van der Waals surface area contributed by atoms with Crippen LogP contribution >= 0.6 is 0 Å². The molecule has 2 rings (SSSR count). The van der Waals surface area contributed by atoms with Crippen molar-refractivity contribution in [2.45, 2.75) is 53.2 Å². The Bertz CT molecular complexity index is 732. The van der Waals surface area contributed by atoms with Crippen molar-refractivity contribution >= 4 is 5.91 Å². The van der Waals surface area contributed by atoms with Gasteiger partial charge in [0.2, 0.25) is 0 Å². The summed E-state index contributed by atoms with van der Waals surface area (Å²) < 4.78 is 11.1. The second-order valence-corrected chi connectivity index (χ2v) is 7.55. The van der Waals surface area contributed by atoms with Crippen LogP contribution in [0.5, 0.6) is 11.5 Å². The standard InChI is InChI=1S/C23H31NO3/c1-15(2)11-22(19-7-9-20(26-6)10-8-19)24-23(25)18(5)27-21-13-16(3)12-17(4)14-21/h7-10,12-15,18,22H,11H2,1-6H3,(H,24,25)/t18-,22+/m0/s1. The minimum atomic E-state index is -0.570. The lowest BCUT2D eigenvalue weighted by molar-refractivity contribution is -0.128. The predicted octanol–water partition coefficient (Wildman–Crippen LogP) is 4.98. The highest BCUT2D eigenvalue weighted by atomic mass is 16.5. The van der Waals surface area contributed by atoms with E-state index < -0.39 is 6.10 Å². The van der Waals surface area contributed by atoms with Crippen molar-refractivity contribution in [3.63, 3.8) is 0 Å². The first-order chi connectivity index (χ1) is 12.8. The van der Waals surface area contributed by atoms with Crippen LogP contribution in [0.4, 0.5) is 0 Å². The van der Waals surface area contributed by atoms with E-state index in [-0.39, 0.29) is 11.9 Å². The van der Waals surface area contributed by atoms with Crippen LogP contribution in [-0.2, 0) is 4.79 Å². The van der Waals surface area contributed by atoms with E-state index in [4.69, 9.17) is 9.47 Å². The van der Waals surface area contributed by atoms with Gasteiger partial charge in [0.1, 0.15) is 11.5 Å². The predicted molar refractivity (Wildman–Crippen MR) is 109 cm³/mol. The summed E-state index contributed by atoms with van der Waals surface area (Å²) in [6.45, 7) is 10.1. The highest BCUT2D eigenvalue weighted by molar-refractivity contribution is 5.81. The fourth-order valence-electron chi connectivity index (χ4n) is 3.13. The molecule has 0 aliphatic heterocycles. The minimum absolute atomic E-state index is 0.0614. The van der Waals surface area contributed by atoms with Gasteiger partial charge in [-0.05, 0) is 74.1 Å². The van der Waals surface area contributed by atoms with Gasteiger partial charge in [0, 0.05) is 0 Å². The van der Waals surface area contributed by atoms with Gasteiger partial charge in [0.05, 0.1) is 13.2 Å². The Morgan fingerprint density at radius 2 is 1.56 bits per heavy atom. The molecule has 0 aliphatic carbocycles. The molecule has 1 amide bonds. The lowest BCUT2D eigenvalue weighted by Gasteiger charge is -2.24. The van der Waals surface area contributed by atoms with Crippen molar-refractivity contribution in [3.05, 3.63) is 59.2 Å². The number of hydrogen-bond donors (Lipinski definition) is 1. The summed E-state index contributed by atoms with van der Waals surface area (Å²) in [7, 11) is 1.65. The van der Waals surface area contributed by atoms with Gasteiger partial charge in [-0.3, -0.25) is 4.79 Å². The van der Waals surface area contributed by atoms with Crippen LogP contribution in [0, 0.1) is 19.8 Å². The van der Waals surface area contributed by atoms with Gasteiger partial charge in [-0.15, -0.1) is 0 Å². The zero-order valence-corrected chi connectivity index (χ0v) is 17.2. The van der Waals surface area contributed by atoms with Crippen molar-refractivity contribution in [2.24, 2.45) is 5.92 Å². The molecule has 0 spiro atoms. The molecule has 4 nitrogen and oxygen atoms in total. The summed E-state index contributed by atoms with van der Waals surface area (Å²) in [5, 5.41) is 3.15. The first kappa shape index (κ1) is 20.8. The number of hydrogen-bond acceptors (Lipinski definition) is 3. The maximum absolute atomic E-state index is 12.7. The van der Waals surface area contributed by atoms with E-state index in [9.17, 15) is 4.79 Å². The maximum atomic E-state index is 12.7. The summed E-state index contributed by atoms with van der Waals surface area (Å²) in [6, 6.07) is 13.8. The molecule has 27 heavy (non-hydrogen) atoms. The summed E-state index contributed by atoms with van der Waals surface area (Å²) >= 11 is 0. The fraction of sp³-hybridized carbons (Fsp3) is 0.435. The summed E-state index contributed by atoms with van der Waals surface area (Å²) in [6.07, 6.45) is 0.285. The van der Waals surface area contributed by atoms with Gasteiger partial charge in [-0.2, -0.15) is 0 Å². The van der Waals surface area contributed by atoms with Crippen LogP contribution in [0.25, 0.3) is 0 Å². The van der Waals surface area contributed by atoms with Crippen LogP contribution in [0.15, 0.2) is 42.5 Å². The maximum Gasteiger partial charge on any atom is 0.261 e. The van der Waals surface area contributed by atoms with Crippen LogP contribution in [0.1, 0.15) is 49.9 Å². The second kappa shape index (κ2) is 9.45. The van der Waals surface area contributed by atoms with E-state index in [0.29, 0.717) is 5.92 Å². The van der Waals surface area contributed by atoms with Gasteiger partial charge in [-0.25, -0.2) is 0 Å². The molecule has 0 bridgehead atoms. The first-order valence-corrected chi connectivity index (χ1v) is 9.47. The fourth-order valence-corrected chi connectivity index (χ4v) is 3.13. The molecule has 2 atom stereocenters. The molecule has 2 aromatic carbocycles. The Labute approximate surface area is 162 Å². The molecular weight excluding hydrogens is 338 g/mol. The van der Waals surface area contributed by atoms with Crippen LogP contribution in [0.3, 0.4) is 0 Å². The zero-order valence-electron chi connectivity index (χ0n) is 17.2. The average Bonchev–Trinajstić information content (AvgIpc) is 2.59. The number of carbonyl (C=O) groups is 1. The van der Waals surface area contributed by atoms with Gasteiger partial charge in [-0.1, -0.05) is 32.0 Å². The number of rotatable bonds is 8. The van der Waals surface area contributed by atoms with Crippen molar-refractivity contribution in [1.29, 1.82) is 0 Å². The molecule has 0 fully saturated rings. The molecule has 4 heteroatoms. The van der Waals surface area contributed by atoms with Crippen molar-refractivity contribution in [2.75, 3.05) is 7.11 Å². The SMILES string of the molecule is COc1ccc([C@@H](CC(C)C)NC(=O)[C@H](C)Oc2cc(C)cc(C)c2)cc1. The van der Waals surface area contributed by atoms with Gasteiger partial charge in [0.25, 0.3) is 5.91 Å². The first-order valence-electron chi connectivity index (χ1n) is 9.47. The number of nitrogens with one attached hydrogen (secondary N) is 1. The Balaban J connectivity index is 2.09. The number of aryl methyl sites for hydroxylation is 2. The zero-order chi connectivity index (χ0) is 20.0. The molecule has 0 aromatic heterocycles. The van der Waals surface area contributed by atoms with E-state index in [1.54, 1.807) is 14.0 Å². The molecule has 1 N–H and O–H groups in total. The topological polar surface area (TPSA) is 47.6 Å². The van der Waals surface area contributed by atoms with E-state index in [1.165, 1.54) is 0 Å². The number of benzene rings is 2. The van der Waals surface area contributed by atoms with Crippen LogP contribution in [0.2, 0.25) is 0 Å². The van der Waals surface area contributed by atoms with Gasteiger partial charge >= 0.3 is 0 Å². The molecule has 0 heterocycles. The van der Waals surface area contributed by atoms with Crippen LogP contribution in [-0.4, -0.2) is 19.1 Å². The van der Waals surface area contributed by atoms with Crippen molar-refractivity contribution in [1.82, 2.24) is 5.32 Å². The quantitative estimate of drug-likeness (QED) is 0.714. The molecule has 146 valence electrons. The molecule has 0 saturated heterocycles. The molecule has 0 radical (unpaired) electrons. The smallest absolute Gasteiger partial charge is 0.261 e. The third-order valence-electron chi connectivity index (χ3n) is 4.42. The minimum Gasteiger partial charge on any atom is -0.497 e. The normalized spacial score (nSPS) is 13.1. The molecule has 2 aromatic rings. The van der Waals surface area contributed by atoms with Gasteiger partial charge < -0.3 is 14.8 Å². The van der Waals surface area contributed by atoms with Gasteiger partial charge in [0.15, 0.2) is 6.10 Å². The van der Waals surface area contributed by atoms with Crippen molar-refractivity contribution in [3.8, 4) is 11.5 Å². The lowest BCUT2D eigenvalue weighted by atomic mass is 9.96. The van der Waals surface area contributed by atoms with E-state index in [0.717, 1.165) is 34.6 Å². The van der Waals surface area contributed by atoms with Crippen LogP contribution < -0.4 is 14.8 Å². The third kappa shape index (κ3) is 6.31. The molecule has 0 unspecified atom stereocenters. The summed E-state index contributed by atoms with van der Waals surface area (Å²) in [5.41, 5.74) is 3.30.